The first-order chi connectivity index (χ1) is 11.4. The SMILES string of the molecule is Cc1nnc(NC(=O)CCC(=O)OCC(=O)c2ccc(F)cc2)s1. The molecule has 0 aliphatic carbocycles. The van der Waals surface area contributed by atoms with Crippen molar-refractivity contribution in [2.75, 3.05) is 11.9 Å². The molecule has 1 heterocycles. The van der Waals surface area contributed by atoms with E-state index in [2.05, 4.69) is 15.5 Å². The number of carbonyl (C=O) groups excluding carboxylic acids is 3. The van der Waals surface area contributed by atoms with E-state index in [1.807, 2.05) is 0 Å². The first-order valence-corrected chi connectivity index (χ1v) is 7.80. The number of aryl methyl sites for hydroxylation is 1. The highest BCUT2D eigenvalue weighted by Gasteiger charge is 2.13. The van der Waals surface area contributed by atoms with Gasteiger partial charge in [-0.25, -0.2) is 4.39 Å². The monoisotopic (exact) mass is 351 g/mol. The maximum atomic E-state index is 12.8. The van der Waals surface area contributed by atoms with Crippen molar-refractivity contribution in [2.45, 2.75) is 19.8 Å². The van der Waals surface area contributed by atoms with E-state index in [1.54, 1.807) is 6.92 Å². The quantitative estimate of drug-likeness (QED) is 0.606. The number of nitrogens with zero attached hydrogens (tertiary/aromatic N) is 2. The highest BCUT2D eigenvalue weighted by Crippen LogP contribution is 2.14. The lowest BCUT2D eigenvalue weighted by atomic mass is 10.1. The molecule has 0 saturated heterocycles. The molecular formula is C15H14FN3O4S. The van der Waals surface area contributed by atoms with Crippen molar-refractivity contribution in [3.8, 4) is 0 Å². The number of rotatable bonds is 7. The van der Waals surface area contributed by atoms with Gasteiger partial charge in [0.2, 0.25) is 11.0 Å². The van der Waals surface area contributed by atoms with E-state index in [0.29, 0.717) is 10.1 Å². The maximum Gasteiger partial charge on any atom is 0.306 e. The van der Waals surface area contributed by atoms with Gasteiger partial charge in [0.25, 0.3) is 0 Å². The molecule has 7 nitrogen and oxygen atoms in total. The van der Waals surface area contributed by atoms with Crippen molar-refractivity contribution in [1.82, 2.24) is 10.2 Å². The normalized spacial score (nSPS) is 10.2. The predicted molar refractivity (Wildman–Crippen MR) is 84.2 cm³/mol. The highest BCUT2D eigenvalue weighted by molar-refractivity contribution is 7.15. The largest absolute Gasteiger partial charge is 0.457 e. The lowest BCUT2D eigenvalue weighted by Gasteiger charge is -2.04. The zero-order chi connectivity index (χ0) is 17.5. The number of halogens is 1. The summed E-state index contributed by atoms with van der Waals surface area (Å²) in [5.41, 5.74) is 0.244. The van der Waals surface area contributed by atoms with E-state index >= 15 is 0 Å². The van der Waals surface area contributed by atoms with Gasteiger partial charge in [-0.2, -0.15) is 0 Å². The van der Waals surface area contributed by atoms with E-state index in [-0.39, 0.29) is 18.4 Å². The molecular weight excluding hydrogens is 337 g/mol. The van der Waals surface area contributed by atoms with E-state index < -0.39 is 30.1 Å². The van der Waals surface area contributed by atoms with Crippen LogP contribution in [0.1, 0.15) is 28.2 Å². The average Bonchev–Trinajstić information content (AvgIpc) is 2.96. The molecule has 1 aromatic carbocycles. The number of Topliss-reactive ketones (excluding diaryl/α,β-unsaturated/α-hetero) is 1. The van der Waals surface area contributed by atoms with Gasteiger partial charge in [-0.1, -0.05) is 11.3 Å². The zero-order valence-electron chi connectivity index (χ0n) is 12.7. The van der Waals surface area contributed by atoms with Gasteiger partial charge in [0.1, 0.15) is 10.8 Å². The second kappa shape index (κ2) is 8.25. The number of benzene rings is 1. The molecule has 0 radical (unpaired) electrons. The van der Waals surface area contributed by atoms with Crippen LogP contribution in [0.15, 0.2) is 24.3 Å². The predicted octanol–water partition coefficient (Wildman–Crippen LogP) is 2.13. The topological polar surface area (TPSA) is 98.2 Å². The lowest BCUT2D eigenvalue weighted by Crippen LogP contribution is -2.17. The molecule has 0 unspecified atom stereocenters. The summed E-state index contributed by atoms with van der Waals surface area (Å²) in [6, 6.07) is 4.91. The Morgan fingerprint density at radius 1 is 1.17 bits per heavy atom. The smallest absolute Gasteiger partial charge is 0.306 e. The van der Waals surface area contributed by atoms with Gasteiger partial charge >= 0.3 is 5.97 Å². The van der Waals surface area contributed by atoms with Crippen molar-refractivity contribution < 1.29 is 23.5 Å². The third kappa shape index (κ3) is 5.51. The Bertz CT molecular complexity index is 745. The summed E-state index contributed by atoms with van der Waals surface area (Å²) in [4.78, 5) is 34.9. The highest BCUT2D eigenvalue weighted by atomic mass is 32.1. The van der Waals surface area contributed by atoms with Gasteiger partial charge in [0.15, 0.2) is 12.4 Å². The van der Waals surface area contributed by atoms with Gasteiger partial charge in [-0.3, -0.25) is 14.4 Å². The van der Waals surface area contributed by atoms with Gasteiger partial charge < -0.3 is 10.1 Å². The summed E-state index contributed by atoms with van der Waals surface area (Å²) in [6.07, 6.45) is -0.261. The number of anilines is 1. The number of carbonyl (C=O) groups is 3. The Balaban J connectivity index is 1.70. The Kier molecular flexibility index (Phi) is 6.07. The fourth-order valence-electron chi connectivity index (χ4n) is 1.68. The Morgan fingerprint density at radius 2 is 1.88 bits per heavy atom. The molecule has 1 aromatic heterocycles. The zero-order valence-corrected chi connectivity index (χ0v) is 13.6. The molecule has 9 heteroatoms. The summed E-state index contributed by atoms with van der Waals surface area (Å²) in [5.74, 6) is -1.97. The van der Waals surface area contributed by atoms with Crippen LogP contribution in [-0.4, -0.2) is 34.5 Å². The minimum atomic E-state index is -0.672. The number of nitrogens with one attached hydrogen (secondary N) is 1. The molecule has 2 aromatic rings. The molecule has 0 bridgehead atoms. The Hall–Kier alpha value is -2.68. The van der Waals surface area contributed by atoms with Crippen LogP contribution in [0.5, 0.6) is 0 Å². The van der Waals surface area contributed by atoms with Crippen molar-refractivity contribution >= 4 is 34.1 Å². The van der Waals surface area contributed by atoms with Crippen LogP contribution in [0, 0.1) is 12.7 Å². The van der Waals surface area contributed by atoms with Crippen molar-refractivity contribution in [3.05, 3.63) is 40.7 Å². The third-order valence-electron chi connectivity index (χ3n) is 2.86. The molecule has 0 atom stereocenters. The van der Waals surface area contributed by atoms with E-state index in [1.165, 1.54) is 23.5 Å². The van der Waals surface area contributed by atoms with Crippen LogP contribution in [0.2, 0.25) is 0 Å². The van der Waals surface area contributed by atoms with Crippen molar-refractivity contribution in [2.24, 2.45) is 0 Å². The standard InChI is InChI=1S/C15H14FN3O4S/c1-9-18-19-15(24-9)17-13(21)6-7-14(22)23-8-12(20)10-2-4-11(16)5-3-10/h2-5H,6-8H2,1H3,(H,17,19,21). The summed E-state index contributed by atoms with van der Waals surface area (Å²) in [6.45, 7) is 1.30. The van der Waals surface area contributed by atoms with Gasteiger partial charge in [0, 0.05) is 12.0 Å². The molecule has 0 saturated carbocycles. The van der Waals surface area contributed by atoms with Crippen molar-refractivity contribution in [1.29, 1.82) is 0 Å². The molecule has 0 aliphatic rings. The fourth-order valence-corrected chi connectivity index (χ4v) is 2.29. The van der Waals surface area contributed by atoms with Crippen LogP contribution in [-0.2, 0) is 14.3 Å². The summed E-state index contributed by atoms with van der Waals surface area (Å²) >= 11 is 1.22. The maximum absolute atomic E-state index is 12.8. The molecule has 0 spiro atoms. The second-order valence-electron chi connectivity index (χ2n) is 4.77. The first kappa shape index (κ1) is 17.7. The van der Waals surface area contributed by atoms with E-state index in [9.17, 15) is 18.8 Å². The van der Waals surface area contributed by atoms with Crippen LogP contribution >= 0.6 is 11.3 Å². The number of ketones is 1. The van der Waals surface area contributed by atoms with Crippen LogP contribution in [0.3, 0.4) is 0 Å². The summed E-state index contributed by atoms with van der Waals surface area (Å²) in [7, 11) is 0. The molecule has 126 valence electrons. The van der Waals surface area contributed by atoms with Crippen LogP contribution in [0.4, 0.5) is 9.52 Å². The number of esters is 1. The van der Waals surface area contributed by atoms with Gasteiger partial charge in [-0.05, 0) is 31.2 Å². The minimum absolute atomic E-state index is 0.0950. The minimum Gasteiger partial charge on any atom is -0.457 e. The van der Waals surface area contributed by atoms with E-state index in [4.69, 9.17) is 4.74 Å². The van der Waals surface area contributed by atoms with E-state index in [0.717, 1.165) is 12.1 Å². The number of amides is 1. The summed E-state index contributed by atoms with van der Waals surface area (Å²) < 4.78 is 17.6. The molecule has 2 rings (SSSR count). The van der Waals surface area contributed by atoms with Crippen LogP contribution in [0.25, 0.3) is 0 Å². The van der Waals surface area contributed by atoms with Gasteiger partial charge in [0.05, 0.1) is 6.42 Å². The lowest BCUT2D eigenvalue weighted by molar-refractivity contribution is -0.143. The van der Waals surface area contributed by atoms with Gasteiger partial charge in [-0.15, -0.1) is 10.2 Å². The summed E-state index contributed by atoms with van der Waals surface area (Å²) in [5, 5.41) is 11.1. The number of aromatic nitrogens is 2. The molecule has 0 fully saturated rings. The average molecular weight is 351 g/mol. The molecule has 24 heavy (non-hydrogen) atoms. The Morgan fingerprint density at radius 3 is 2.50 bits per heavy atom. The number of hydrogen-bond acceptors (Lipinski definition) is 7. The number of ether oxygens (including phenoxy) is 1. The number of hydrogen-bond donors (Lipinski definition) is 1. The Labute approximate surface area is 140 Å². The van der Waals surface area contributed by atoms with Crippen LogP contribution < -0.4 is 5.32 Å². The molecule has 0 aliphatic heterocycles. The van der Waals surface area contributed by atoms with Crippen molar-refractivity contribution in [3.63, 3.8) is 0 Å². The third-order valence-corrected chi connectivity index (χ3v) is 3.61. The fraction of sp³-hybridized carbons (Fsp3) is 0.267. The first-order valence-electron chi connectivity index (χ1n) is 6.98. The second-order valence-corrected chi connectivity index (χ2v) is 5.95. The molecule has 1 N–H and O–H groups in total. The molecule has 1 amide bonds.